The first-order valence-corrected chi connectivity index (χ1v) is 19.1. The van der Waals surface area contributed by atoms with E-state index in [1.54, 1.807) is 95.3 Å². The van der Waals surface area contributed by atoms with Crippen molar-refractivity contribution in [2.75, 3.05) is 6.61 Å². The molecule has 3 N–H and O–H groups in total. The second-order valence-electron chi connectivity index (χ2n) is 16.7. The molecule has 1 heterocycles. The van der Waals surface area contributed by atoms with Crippen molar-refractivity contribution in [3.05, 3.63) is 82.9 Å². The summed E-state index contributed by atoms with van der Waals surface area (Å²) in [5.74, 6) is -4.78. The zero-order valence-corrected chi connectivity index (χ0v) is 32.8. The molecule has 3 fully saturated rings. The Hall–Kier alpha value is -4.39. The van der Waals surface area contributed by atoms with Crippen molar-refractivity contribution in [2.24, 2.45) is 28.1 Å². The molecule has 2 aromatic rings. The van der Waals surface area contributed by atoms with Gasteiger partial charge >= 0.3 is 17.9 Å². The van der Waals surface area contributed by atoms with Crippen LogP contribution in [-0.2, 0) is 38.1 Å². The van der Waals surface area contributed by atoms with Gasteiger partial charge in [-0.25, -0.2) is 4.79 Å². The number of rotatable bonds is 9. The molecule has 12 nitrogen and oxygen atoms in total. The molecule has 12 heteroatoms. The Balaban J connectivity index is 1.47. The molecule has 6 rings (SSSR count). The first-order chi connectivity index (χ1) is 25.8. The van der Waals surface area contributed by atoms with E-state index < -0.39 is 93.7 Å². The Kier molecular flexibility index (Phi) is 10.7. The highest BCUT2D eigenvalue weighted by atomic mass is 16.6. The van der Waals surface area contributed by atoms with Gasteiger partial charge in [-0.2, -0.15) is 0 Å². The highest BCUT2D eigenvalue weighted by Crippen LogP contribution is 2.67. The van der Waals surface area contributed by atoms with Crippen LogP contribution < -0.4 is 5.32 Å². The number of carbonyl (C=O) groups excluding carboxylic acids is 5. The number of fused-ring (bicyclic) bond motifs is 5. The molecule has 296 valence electrons. The Bertz CT molecular complexity index is 1880. The smallest absolute Gasteiger partial charge is 0.350 e. The van der Waals surface area contributed by atoms with Crippen molar-refractivity contribution in [2.45, 2.75) is 117 Å². The van der Waals surface area contributed by atoms with E-state index in [-0.39, 0.29) is 30.9 Å². The average molecular weight is 760 g/mol. The van der Waals surface area contributed by atoms with E-state index in [2.05, 4.69) is 5.32 Å². The Morgan fingerprint density at radius 2 is 1.60 bits per heavy atom. The van der Waals surface area contributed by atoms with Crippen LogP contribution in [-0.4, -0.2) is 82.5 Å². The number of carbonyl (C=O) groups is 5. The van der Waals surface area contributed by atoms with Crippen LogP contribution in [0.2, 0.25) is 0 Å². The van der Waals surface area contributed by atoms with Crippen LogP contribution >= 0.6 is 0 Å². The molecule has 4 aliphatic rings. The van der Waals surface area contributed by atoms with E-state index >= 15 is 4.79 Å². The van der Waals surface area contributed by atoms with E-state index in [0.717, 1.165) is 0 Å². The molecular weight excluding hydrogens is 706 g/mol. The van der Waals surface area contributed by atoms with E-state index in [0.29, 0.717) is 23.3 Å². The third-order valence-electron chi connectivity index (χ3n) is 13.4. The van der Waals surface area contributed by atoms with Crippen molar-refractivity contribution in [1.29, 1.82) is 0 Å². The molecular formula is C43H53NO11. The van der Waals surface area contributed by atoms with Gasteiger partial charge in [-0.3, -0.25) is 19.2 Å². The van der Waals surface area contributed by atoms with Gasteiger partial charge in [0.1, 0.15) is 12.1 Å². The third-order valence-corrected chi connectivity index (χ3v) is 13.4. The van der Waals surface area contributed by atoms with E-state index in [1.165, 1.54) is 6.92 Å². The topological polar surface area (TPSA) is 175 Å². The molecule has 55 heavy (non-hydrogen) atoms. The second kappa shape index (κ2) is 14.6. The van der Waals surface area contributed by atoms with Crippen LogP contribution in [0.5, 0.6) is 0 Å². The lowest BCUT2D eigenvalue weighted by atomic mass is 9.40. The van der Waals surface area contributed by atoms with Crippen molar-refractivity contribution in [3.63, 3.8) is 0 Å². The largest absolute Gasteiger partial charge is 0.455 e. The summed E-state index contributed by atoms with van der Waals surface area (Å²) in [6.07, 6.45) is -5.88. The summed E-state index contributed by atoms with van der Waals surface area (Å²) < 4.78 is 23.9. The fourth-order valence-corrected chi connectivity index (χ4v) is 10.3. The molecule has 1 saturated heterocycles. The first kappa shape index (κ1) is 40.3. The number of benzene rings is 2. The summed E-state index contributed by atoms with van der Waals surface area (Å²) in [7, 11) is 0. The number of Topliss-reactive ketones (excluding diaryl/α,β-unsaturated/α-hetero) is 1. The Morgan fingerprint density at radius 3 is 2.16 bits per heavy atom. The van der Waals surface area contributed by atoms with Crippen molar-refractivity contribution in [1.82, 2.24) is 5.32 Å². The summed E-state index contributed by atoms with van der Waals surface area (Å²) in [6.45, 7) is 13.9. The molecule has 0 spiro atoms. The minimum absolute atomic E-state index is 0.0719. The van der Waals surface area contributed by atoms with E-state index in [1.807, 2.05) is 13.8 Å². The van der Waals surface area contributed by atoms with Crippen LogP contribution in [0.15, 0.2) is 71.8 Å². The van der Waals surface area contributed by atoms with Gasteiger partial charge < -0.3 is 34.5 Å². The van der Waals surface area contributed by atoms with E-state index in [9.17, 15) is 29.4 Å². The SMILES string of the molecule is CCC(=O)O[C@@H](C(=O)O[C@H]1C[C@@]2(O)[C@@H](C)C3[C@]4(C)CO[C@@H]4C[C@H](O)[C@@]3(C)C(=O)[C@H](OC(C)=O)C(=C1C)C2(C)C)[C@@H](NC(=O)c1ccccc1)c1ccccc1. The van der Waals surface area contributed by atoms with Gasteiger partial charge in [0.05, 0.1) is 29.8 Å². The first-order valence-electron chi connectivity index (χ1n) is 19.1. The lowest BCUT2D eigenvalue weighted by molar-refractivity contribution is -0.302. The van der Waals surface area contributed by atoms with Gasteiger partial charge in [0.2, 0.25) is 6.10 Å². The fourth-order valence-electron chi connectivity index (χ4n) is 10.3. The maximum Gasteiger partial charge on any atom is 0.350 e. The number of aliphatic hydroxyl groups excluding tert-OH is 1. The lowest BCUT2D eigenvalue weighted by Crippen LogP contribution is -2.75. The van der Waals surface area contributed by atoms with Crippen molar-refractivity contribution < 1.29 is 53.1 Å². The van der Waals surface area contributed by atoms with Crippen LogP contribution in [0.4, 0.5) is 0 Å². The number of esters is 3. The predicted octanol–water partition coefficient (Wildman–Crippen LogP) is 4.81. The van der Waals surface area contributed by atoms with Gasteiger partial charge in [-0.05, 0) is 54.5 Å². The highest BCUT2D eigenvalue weighted by Gasteiger charge is 2.73. The Morgan fingerprint density at radius 1 is 0.982 bits per heavy atom. The molecule has 2 bridgehead atoms. The molecule has 2 saturated carbocycles. The number of amides is 1. The maximum absolute atomic E-state index is 15.1. The second-order valence-corrected chi connectivity index (χ2v) is 16.7. The number of hydrogen-bond donors (Lipinski definition) is 3. The summed E-state index contributed by atoms with van der Waals surface area (Å²) in [4.78, 5) is 69.0. The number of ether oxygens (including phenoxy) is 4. The summed E-state index contributed by atoms with van der Waals surface area (Å²) in [5, 5.41) is 27.8. The number of ketones is 1. The van der Waals surface area contributed by atoms with E-state index in [4.69, 9.17) is 18.9 Å². The molecule has 11 atom stereocenters. The van der Waals surface area contributed by atoms with Gasteiger partial charge in [-0.1, -0.05) is 83.1 Å². The van der Waals surface area contributed by atoms with Gasteiger partial charge in [0.15, 0.2) is 11.9 Å². The van der Waals surface area contributed by atoms with Crippen LogP contribution in [0, 0.1) is 28.1 Å². The van der Waals surface area contributed by atoms with Gasteiger partial charge in [-0.15, -0.1) is 0 Å². The summed E-state index contributed by atoms with van der Waals surface area (Å²) in [5.41, 5.74) is -3.53. The highest BCUT2D eigenvalue weighted by molar-refractivity contribution is 5.96. The van der Waals surface area contributed by atoms with Crippen molar-refractivity contribution >= 4 is 29.6 Å². The standard InChI is InChI=1S/C43H53NO11/c1-9-31(47)55-35(33(26-16-12-10-13-17-26)44-38(49)27-18-14-11-15-19-27)39(50)54-28-21-43(51)24(3)36-41(7)22-52-30(41)20-29(46)42(36,8)37(48)34(53-25(4)45)32(23(28)2)40(43,5)6/h10-19,24,28-30,33-36,46,51H,9,20-22H2,1-8H3,(H,44,49)/t24-,28-,29-,30+,33-,34+,35+,36?,41+,42+,43+/m0/s1. The fraction of sp³-hybridized carbons (Fsp3) is 0.558. The minimum Gasteiger partial charge on any atom is -0.455 e. The molecule has 3 aliphatic carbocycles. The Labute approximate surface area is 321 Å². The molecule has 1 unspecified atom stereocenters. The molecule has 0 radical (unpaired) electrons. The average Bonchev–Trinajstić information content (AvgIpc) is 3.15. The van der Waals surface area contributed by atoms with Gasteiger partial charge in [0, 0.05) is 42.6 Å². The van der Waals surface area contributed by atoms with Crippen LogP contribution in [0.3, 0.4) is 0 Å². The zero-order valence-electron chi connectivity index (χ0n) is 32.8. The number of aliphatic hydroxyl groups is 2. The zero-order chi connectivity index (χ0) is 40.2. The van der Waals surface area contributed by atoms with Crippen molar-refractivity contribution in [3.8, 4) is 0 Å². The summed E-state index contributed by atoms with van der Waals surface area (Å²) in [6, 6.07) is 15.8. The third kappa shape index (κ3) is 6.49. The monoisotopic (exact) mass is 759 g/mol. The maximum atomic E-state index is 15.1. The lowest BCUT2D eigenvalue weighted by Gasteiger charge is -2.68. The summed E-state index contributed by atoms with van der Waals surface area (Å²) >= 11 is 0. The van der Waals surface area contributed by atoms with Gasteiger partial charge in [0.25, 0.3) is 5.91 Å². The van der Waals surface area contributed by atoms with Crippen LogP contribution in [0.25, 0.3) is 0 Å². The molecule has 1 aliphatic heterocycles. The predicted molar refractivity (Wildman–Crippen MR) is 199 cm³/mol. The number of hydrogen-bond acceptors (Lipinski definition) is 11. The minimum atomic E-state index is -1.70. The number of nitrogens with one attached hydrogen (secondary N) is 1. The molecule has 2 aromatic carbocycles. The molecule has 0 aromatic heterocycles. The van der Waals surface area contributed by atoms with Crippen LogP contribution in [0.1, 0.15) is 96.6 Å². The molecule has 1 amide bonds. The normalized spacial score (nSPS) is 34.6. The quantitative estimate of drug-likeness (QED) is 0.182.